The predicted molar refractivity (Wildman–Crippen MR) is 75.0 cm³/mol. The zero-order valence-electron chi connectivity index (χ0n) is 11.2. The van der Waals surface area contributed by atoms with Gasteiger partial charge in [-0.15, -0.1) is 0 Å². The summed E-state index contributed by atoms with van der Waals surface area (Å²) in [6, 6.07) is 19.7. The summed E-state index contributed by atoms with van der Waals surface area (Å²) < 4.78 is 11.6. The van der Waals surface area contributed by atoms with E-state index in [0.717, 1.165) is 11.1 Å². The highest BCUT2D eigenvalue weighted by atomic mass is 16.7. The summed E-state index contributed by atoms with van der Waals surface area (Å²) >= 11 is 0. The van der Waals surface area contributed by atoms with E-state index in [0.29, 0.717) is 0 Å². The third kappa shape index (κ3) is 2.50. The quantitative estimate of drug-likeness (QED) is 0.855. The van der Waals surface area contributed by atoms with Crippen molar-refractivity contribution in [2.75, 3.05) is 0 Å². The summed E-state index contributed by atoms with van der Waals surface area (Å²) in [5.41, 5.74) is 2.04. The number of hydrogen-bond donors (Lipinski definition) is 0. The molecule has 2 aromatic rings. The second kappa shape index (κ2) is 5.57. The molecule has 2 atom stereocenters. The molecular weight excluding hydrogens is 252 g/mol. The fraction of sp³-hybridized carbons (Fsp3) is 0.235. The fourth-order valence-corrected chi connectivity index (χ4v) is 2.42. The minimum atomic E-state index is -0.787. The van der Waals surface area contributed by atoms with E-state index in [1.807, 2.05) is 60.7 Å². The summed E-state index contributed by atoms with van der Waals surface area (Å²) in [5.74, 6) is -0.107. The maximum atomic E-state index is 11.5. The molecule has 20 heavy (non-hydrogen) atoms. The maximum Gasteiger partial charge on any atom is 0.218 e. The van der Waals surface area contributed by atoms with E-state index in [-0.39, 0.29) is 18.0 Å². The Bertz CT molecular complexity index is 532. The van der Waals surface area contributed by atoms with E-state index in [2.05, 4.69) is 0 Å². The van der Waals surface area contributed by atoms with Crippen LogP contribution in [0.4, 0.5) is 0 Å². The lowest BCUT2D eigenvalue weighted by molar-refractivity contribution is -0.146. The van der Waals surface area contributed by atoms with Gasteiger partial charge in [-0.1, -0.05) is 60.7 Å². The van der Waals surface area contributed by atoms with Crippen LogP contribution in [0.25, 0.3) is 0 Å². The molecular formula is C17H16O3. The molecule has 0 bridgehead atoms. The van der Waals surface area contributed by atoms with E-state index in [1.54, 1.807) is 0 Å². The van der Waals surface area contributed by atoms with E-state index < -0.39 is 6.29 Å². The van der Waals surface area contributed by atoms with Gasteiger partial charge in [0.2, 0.25) is 6.29 Å². The van der Waals surface area contributed by atoms with Gasteiger partial charge in [0, 0.05) is 0 Å². The number of Topliss-reactive ketones (excluding diaryl/α,β-unsaturated/α-hetero) is 1. The van der Waals surface area contributed by atoms with Gasteiger partial charge in [-0.05, 0) is 18.1 Å². The van der Waals surface area contributed by atoms with Crippen LogP contribution < -0.4 is 0 Å². The molecule has 0 aromatic heterocycles. The van der Waals surface area contributed by atoms with Crippen LogP contribution >= 0.6 is 0 Å². The van der Waals surface area contributed by atoms with Crippen molar-refractivity contribution in [2.45, 2.75) is 25.4 Å². The molecule has 3 nitrogen and oxygen atoms in total. The molecule has 0 unspecified atom stereocenters. The third-order valence-corrected chi connectivity index (χ3v) is 3.40. The molecule has 0 N–H and O–H groups in total. The van der Waals surface area contributed by atoms with Crippen molar-refractivity contribution in [3.05, 3.63) is 71.8 Å². The van der Waals surface area contributed by atoms with Crippen molar-refractivity contribution >= 4 is 5.78 Å². The number of ketones is 1. The van der Waals surface area contributed by atoms with Gasteiger partial charge in [-0.25, -0.2) is 0 Å². The molecule has 1 heterocycles. The van der Waals surface area contributed by atoms with Gasteiger partial charge in [0.15, 0.2) is 5.78 Å². The van der Waals surface area contributed by atoms with Crippen LogP contribution in [-0.4, -0.2) is 12.1 Å². The Kier molecular flexibility index (Phi) is 3.63. The summed E-state index contributed by atoms with van der Waals surface area (Å²) in [7, 11) is 0. The van der Waals surface area contributed by atoms with Crippen LogP contribution in [-0.2, 0) is 14.3 Å². The fourth-order valence-electron chi connectivity index (χ4n) is 2.42. The SMILES string of the molecule is CC(=O)C1O[C@H](c2ccccc2)[C@@H](c2ccccc2)O1. The van der Waals surface area contributed by atoms with Crippen molar-refractivity contribution in [3.63, 3.8) is 0 Å². The second-order valence-electron chi connectivity index (χ2n) is 4.88. The van der Waals surface area contributed by atoms with Crippen LogP contribution in [0.5, 0.6) is 0 Å². The highest BCUT2D eigenvalue weighted by Crippen LogP contribution is 2.42. The Morgan fingerprint density at radius 1 is 0.800 bits per heavy atom. The van der Waals surface area contributed by atoms with Crippen LogP contribution in [0.3, 0.4) is 0 Å². The Morgan fingerprint density at radius 3 is 1.55 bits per heavy atom. The molecule has 0 saturated carbocycles. The lowest BCUT2D eigenvalue weighted by Crippen LogP contribution is -2.18. The first-order chi connectivity index (χ1) is 9.75. The molecule has 1 saturated heterocycles. The smallest absolute Gasteiger partial charge is 0.218 e. The van der Waals surface area contributed by atoms with Gasteiger partial charge < -0.3 is 9.47 Å². The minimum absolute atomic E-state index is 0.107. The standard InChI is InChI=1S/C17H16O3/c1-12(18)17-19-15(13-8-4-2-5-9-13)16(20-17)14-10-6-3-7-11-14/h2-11,15-17H,1H3/t15-,16-/m1/s1. The van der Waals surface area contributed by atoms with Crippen molar-refractivity contribution < 1.29 is 14.3 Å². The largest absolute Gasteiger partial charge is 0.335 e. The molecule has 1 aliphatic heterocycles. The van der Waals surface area contributed by atoms with E-state index in [4.69, 9.17) is 9.47 Å². The van der Waals surface area contributed by atoms with Crippen molar-refractivity contribution in [2.24, 2.45) is 0 Å². The monoisotopic (exact) mass is 268 g/mol. The van der Waals surface area contributed by atoms with Crippen molar-refractivity contribution in [3.8, 4) is 0 Å². The van der Waals surface area contributed by atoms with Crippen LogP contribution in [0.2, 0.25) is 0 Å². The first-order valence-corrected chi connectivity index (χ1v) is 6.67. The molecule has 0 radical (unpaired) electrons. The van der Waals surface area contributed by atoms with Crippen LogP contribution in [0, 0.1) is 0 Å². The predicted octanol–water partition coefficient (Wildman–Crippen LogP) is 3.43. The van der Waals surface area contributed by atoms with Gasteiger partial charge in [-0.2, -0.15) is 0 Å². The Balaban J connectivity index is 1.95. The molecule has 3 heteroatoms. The van der Waals surface area contributed by atoms with E-state index in [1.165, 1.54) is 6.92 Å². The molecule has 102 valence electrons. The number of rotatable bonds is 3. The molecule has 1 fully saturated rings. The summed E-state index contributed by atoms with van der Waals surface area (Å²) in [6.45, 7) is 1.49. The van der Waals surface area contributed by atoms with E-state index >= 15 is 0 Å². The highest BCUT2D eigenvalue weighted by molar-refractivity contribution is 5.79. The Labute approximate surface area is 118 Å². The summed E-state index contributed by atoms with van der Waals surface area (Å²) in [4.78, 5) is 11.5. The maximum absolute atomic E-state index is 11.5. The van der Waals surface area contributed by atoms with Crippen molar-refractivity contribution in [1.82, 2.24) is 0 Å². The lowest BCUT2D eigenvalue weighted by Gasteiger charge is -2.17. The number of carbonyl (C=O) groups is 1. The second-order valence-corrected chi connectivity index (χ2v) is 4.88. The topological polar surface area (TPSA) is 35.5 Å². The third-order valence-electron chi connectivity index (χ3n) is 3.40. The average molecular weight is 268 g/mol. The summed E-state index contributed by atoms with van der Waals surface area (Å²) in [6.07, 6.45) is -1.30. The Morgan fingerprint density at radius 2 is 1.20 bits per heavy atom. The lowest BCUT2D eigenvalue weighted by atomic mass is 9.99. The average Bonchev–Trinajstić information content (AvgIpc) is 2.94. The zero-order valence-corrected chi connectivity index (χ0v) is 11.2. The van der Waals surface area contributed by atoms with Crippen molar-refractivity contribution in [1.29, 1.82) is 0 Å². The van der Waals surface area contributed by atoms with E-state index in [9.17, 15) is 4.79 Å². The van der Waals surface area contributed by atoms with Gasteiger partial charge in [0.1, 0.15) is 12.2 Å². The molecule has 3 rings (SSSR count). The molecule has 2 aromatic carbocycles. The highest BCUT2D eigenvalue weighted by Gasteiger charge is 2.39. The first-order valence-electron chi connectivity index (χ1n) is 6.67. The number of carbonyl (C=O) groups excluding carboxylic acids is 1. The molecule has 0 spiro atoms. The molecule has 0 amide bonds. The van der Waals surface area contributed by atoms with Gasteiger partial charge >= 0.3 is 0 Å². The summed E-state index contributed by atoms with van der Waals surface area (Å²) in [5, 5.41) is 0. The van der Waals surface area contributed by atoms with Gasteiger partial charge in [0.25, 0.3) is 0 Å². The minimum Gasteiger partial charge on any atom is -0.335 e. The zero-order chi connectivity index (χ0) is 13.9. The number of benzene rings is 2. The Hall–Kier alpha value is -1.97. The van der Waals surface area contributed by atoms with Crippen LogP contribution in [0.1, 0.15) is 30.3 Å². The normalized spacial score (nSPS) is 22.9. The molecule has 1 aliphatic rings. The van der Waals surface area contributed by atoms with Gasteiger partial charge in [-0.3, -0.25) is 4.79 Å². The molecule has 0 aliphatic carbocycles. The number of hydrogen-bond acceptors (Lipinski definition) is 3. The number of ether oxygens (including phenoxy) is 2. The first kappa shape index (κ1) is 13.0. The van der Waals surface area contributed by atoms with Crippen LogP contribution in [0.15, 0.2) is 60.7 Å². The van der Waals surface area contributed by atoms with Gasteiger partial charge in [0.05, 0.1) is 0 Å².